The van der Waals surface area contributed by atoms with Crippen LogP contribution in [-0.2, 0) is 0 Å². The molecule has 1 fully saturated rings. The maximum Gasteiger partial charge on any atom is 0.255 e. The number of likely N-dealkylation sites (N-methyl/N-ethyl adjacent to an activating group) is 1. The van der Waals surface area contributed by atoms with Crippen molar-refractivity contribution in [2.24, 2.45) is 0 Å². The summed E-state index contributed by atoms with van der Waals surface area (Å²) >= 11 is 1.63. The van der Waals surface area contributed by atoms with Crippen molar-refractivity contribution in [3.63, 3.8) is 0 Å². The third-order valence-electron chi connectivity index (χ3n) is 6.56. The van der Waals surface area contributed by atoms with Crippen LogP contribution in [0.25, 0.3) is 0 Å². The quantitative estimate of drug-likeness (QED) is 0.417. The molecular formula is C28H29N5OS. The van der Waals surface area contributed by atoms with Gasteiger partial charge in [0.2, 0.25) is 0 Å². The van der Waals surface area contributed by atoms with Crippen molar-refractivity contribution in [2.45, 2.75) is 12.8 Å². The molecule has 1 atom stereocenters. The fourth-order valence-electron chi connectivity index (χ4n) is 4.50. The molecule has 0 radical (unpaired) electrons. The zero-order valence-corrected chi connectivity index (χ0v) is 20.8. The van der Waals surface area contributed by atoms with E-state index in [-0.39, 0.29) is 11.8 Å². The van der Waals surface area contributed by atoms with Gasteiger partial charge in [-0.1, -0.05) is 12.1 Å². The van der Waals surface area contributed by atoms with Crippen LogP contribution in [0.4, 0.5) is 11.4 Å². The molecule has 1 N–H and O–H groups in total. The van der Waals surface area contributed by atoms with Crippen molar-refractivity contribution in [2.75, 3.05) is 43.4 Å². The molecule has 0 saturated carbocycles. The highest BCUT2D eigenvalue weighted by atomic mass is 32.1. The number of benzene rings is 2. The Morgan fingerprint density at radius 3 is 2.51 bits per heavy atom. The Bertz CT molecular complexity index is 1270. The Morgan fingerprint density at radius 1 is 1.03 bits per heavy atom. The van der Waals surface area contributed by atoms with Crippen LogP contribution in [-0.4, -0.2) is 54.0 Å². The van der Waals surface area contributed by atoms with E-state index in [1.165, 1.54) is 0 Å². The summed E-state index contributed by atoms with van der Waals surface area (Å²) in [4.78, 5) is 26.7. The minimum Gasteiger partial charge on any atom is -0.369 e. The lowest BCUT2D eigenvalue weighted by Gasteiger charge is -2.34. The van der Waals surface area contributed by atoms with E-state index in [9.17, 15) is 4.79 Å². The number of carbonyl (C=O) groups is 1. The van der Waals surface area contributed by atoms with Gasteiger partial charge in [-0.25, -0.2) is 4.98 Å². The second-order valence-corrected chi connectivity index (χ2v) is 9.88. The smallest absolute Gasteiger partial charge is 0.255 e. The van der Waals surface area contributed by atoms with Gasteiger partial charge in [-0.05, 0) is 73.1 Å². The number of thiazole rings is 1. The molecule has 1 aliphatic heterocycles. The lowest BCUT2D eigenvalue weighted by atomic mass is 9.89. The van der Waals surface area contributed by atoms with Crippen LogP contribution in [0, 0.1) is 6.92 Å². The van der Waals surface area contributed by atoms with Crippen LogP contribution in [0.15, 0.2) is 78.6 Å². The van der Waals surface area contributed by atoms with E-state index in [0.717, 1.165) is 59.3 Å². The number of nitrogens with zero attached hydrogens (tertiary/aromatic N) is 4. The predicted molar refractivity (Wildman–Crippen MR) is 143 cm³/mol. The van der Waals surface area contributed by atoms with Gasteiger partial charge in [0.15, 0.2) is 0 Å². The van der Waals surface area contributed by atoms with E-state index in [4.69, 9.17) is 0 Å². The van der Waals surface area contributed by atoms with Crippen molar-refractivity contribution in [3.8, 4) is 0 Å². The standard InChI is InChI=1S/C28H29N5OS/c1-20-5-8-23(18-25(20)26(28-30-12-17-35-28)22-4-3-11-29-19-22)31-27(34)21-6-9-24(10-7-21)33-15-13-32(2)14-16-33/h3-12,17-19,26H,13-16H2,1-2H3,(H,31,34). The first kappa shape index (κ1) is 23.2. The highest BCUT2D eigenvalue weighted by Gasteiger charge is 2.22. The monoisotopic (exact) mass is 483 g/mol. The first-order valence-electron chi connectivity index (χ1n) is 11.8. The molecular weight excluding hydrogens is 454 g/mol. The summed E-state index contributed by atoms with van der Waals surface area (Å²) in [5.41, 5.74) is 5.90. The third-order valence-corrected chi connectivity index (χ3v) is 7.40. The molecule has 178 valence electrons. The number of amides is 1. The molecule has 1 amide bonds. The molecule has 1 aliphatic rings. The Morgan fingerprint density at radius 2 is 1.83 bits per heavy atom. The minimum atomic E-state index is -0.114. The number of nitrogens with one attached hydrogen (secondary N) is 1. The molecule has 2 aromatic heterocycles. The van der Waals surface area contributed by atoms with Gasteiger partial charge >= 0.3 is 0 Å². The van der Waals surface area contributed by atoms with Crippen molar-refractivity contribution >= 4 is 28.6 Å². The summed E-state index contributed by atoms with van der Waals surface area (Å²) in [6, 6.07) is 18.0. The van der Waals surface area contributed by atoms with Crippen molar-refractivity contribution < 1.29 is 4.79 Å². The molecule has 5 rings (SSSR count). The Labute approximate surface area is 210 Å². The second-order valence-electron chi connectivity index (χ2n) is 8.95. The lowest BCUT2D eigenvalue weighted by Crippen LogP contribution is -2.44. The number of rotatable bonds is 6. The highest BCUT2D eigenvalue weighted by molar-refractivity contribution is 7.09. The van der Waals surface area contributed by atoms with Crippen LogP contribution in [0.1, 0.15) is 38.0 Å². The van der Waals surface area contributed by atoms with Crippen LogP contribution in [0.5, 0.6) is 0 Å². The van der Waals surface area contributed by atoms with E-state index >= 15 is 0 Å². The van der Waals surface area contributed by atoms with Gasteiger partial charge < -0.3 is 15.1 Å². The molecule has 6 nitrogen and oxygen atoms in total. The lowest BCUT2D eigenvalue weighted by molar-refractivity contribution is 0.102. The SMILES string of the molecule is Cc1ccc(NC(=O)c2ccc(N3CCN(C)CC3)cc2)cc1C(c1cccnc1)c1nccs1. The molecule has 7 heteroatoms. The van der Waals surface area contributed by atoms with Crippen LogP contribution >= 0.6 is 11.3 Å². The molecule has 3 heterocycles. The van der Waals surface area contributed by atoms with E-state index < -0.39 is 0 Å². The summed E-state index contributed by atoms with van der Waals surface area (Å²) < 4.78 is 0. The number of piperazine rings is 1. The van der Waals surface area contributed by atoms with Gasteiger partial charge in [-0.2, -0.15) is 0 Å². The largest absolute Gasteiger partial charge is 0.369 e. The number of aryl methyl sites for hydroxylation is 1. The summed E-state index contributed by atoms with van der Waals surface area (Å²) in [5.74, 6) is -0.152. The van der Waals surface area contributed by atoms with Gasteiger partial charge in [-0.15, -0.1) is 11.3 Å². The van der Waals surface area contributed by atoms with E-state index in [2.05, 4.69) is 57.3 Å². The number of hydrogen-bond donors (Lipinski definition) is 1. The van der Waals surface area contributed by atoms with Gasteiger partial charge in [0, 0.05) is 67.1 Å². The molecule has 2 aromatic carbocycles. The van der Waals surface area contributed by atoms with Gasteiger partial charge in [0.25, 0.3) is 5.91 Å². The second kappa shape index (κ2) is 10.4. The molecule has 35 heavy (non-hydrogen) atoms. The van der Waals surface area contributed by atoms with E-state index in [1.54, 1.807) is 17.5 Å². The fourth-order valence-corrected chi connectivity index (χ4v) is 5.28. The molecule has 4 aromatic rings. The average molecular weight is 484 g/mol. The average Bonchev–Trinajstić information content (AvgIpc) is 3.42. The first-order chi connectivity index (χ1) is 17.1. The van der Waals surface area contributed by atoms with Crippen LogP contribution in [0.2, 0.25) is 0 Å². The highest BCUT2D eigenvalue weighted by Crippen LogP contribution is 2.36. The molecule has 1 unspecified atom stereocenters. The van der Waals surface area contributed by atoms with Gasteiger partial charge in [0.05, 0.1) is 5.92 Å². The van der Waals surface area contributed by atoms with Crippen molar-refractivity contribution in [3.05, 3.63) is 106 Å². The minimum absolute atomic E-state index is 0.0385. The first-order valence-corrected chi connectivity index (χ1v) is 12.7. The van der Waals surface area contributed by atoms with E-state index in [0.29, 0.717) is 5.56 Å². The number of carbonyl (C=O) groups excluding carboxylic acids is 1. The van der Waals surface area contributed by atoms with Crippen molar-refractivity contribution in [1.82, 2.24) is 14.9 Å². The summed E-state index contributed by atoms with van der Waals surface area (Å²) in [7, 11) is 2.15. The molecule has 0 spiro atoms. The maximum atomic E-state index is 13.1. The van der Waals surface area contributed by atoms with Gasteiger partial charge in [-0.3, -0.25) is 9.78 Å². The fraction of sp³-hybridized carbons (Fsp3) is 0.250. The Kier molecular flexibility index (Phi) is 6.88. The maximum absolute atomic E-state index is 13.1. The number of pyridine rings is 1. The Hall–Kier alpha value is -3.55. The Balaban J connectivity index is 1.36. The molecule has 0 bridgehead atoms. The van der Waals surface area contributed by atoms with Crippen LogP contribution in [0.3, 0.4) is 0 Å². The third kappa shape index (κ3) is 5.26. The topological polar surface area (TPSA) is 61.4 Å². The zero-order chi connectivity index (χ0) is 24.2. The van der Waals surface area contributed by atoms with Crippen LogP contribution < -0.4 is 10.2 Å². The summed E-state index contributed by atoms with van der Waals surface area (Å²) in [6.07, 6.45) is 5.50. The zero-order valence-electron chi connectivity index (χ0n) is 20.0. The molecule has 1 saturated heterocycles. The summed E-state index contributed by atoms with van der Waals surface area (Å²) in [6.45, 7) is 6.21. The number of hydrogen-bond acceptors (Lipinski definition) is 6. The van der Waals surface area contributed by atoms with Gasteiger partial charge in [0.1, 0.15) is 5.01 Å². The number of anilines is 2. The van der Waals surface area contributed by atoms with Crippen molar-refractivity contribution in [1.29, 1.82) is 0 Å². The summed E-state index contributed by atoms with van der Waals surface area (Å²) in [5, 5.41) is 6.09. The normalized spacial score (nSPS) is 15.1. The predicted octanol–water partition coefficient (Wildman–Crippen LogP) is 5.03. The number of aromatic nitrogens is 2. The van der Waals surface area contributed by atoms with E-state index in [1.807, 2.05) is 54.2 Å². The molecule has 0 aliphatic carbocycles.